The lowest BCUT2D eigenvalue weighted by Crippen LogP contribution is -2.51. The van der Waals surface area contributed by atoms with Crippen LogP contribution in [-0.2, 0) is 9.53 Å². The normalized spacial score (nSPS) is 19.4. The van der Waals surface area contributed by atoms with E-state index in [1.165, 1.54) is 0 Å². The van der Waals surface area contributed by atoms with Crippen LogP contribution in [0.4, 0.5) is 0 Å². The van der Waals surface area contributed by atoms with E-state index in [-0.39, 0.29) is 11.6 Å². The second kappa shape index (κ2) is 8.32. The Morgan fingerprint density at radius 2 is 1.76 bits per heavy atom. The smallest absolute Gasteiger partial charge is 0.336 e. The molecule has 2 aliphatic rings. The number of hydrazine groups is 1. The van der Waals surface area contributed by atoms with Crippen LogP contribution in [0.3, 0.4) is 0 Å². The molecule has 0 aliphatic carbocycles. The number of hydrogen-bond donors (Lipinski definition) is 0. The molecule has 0 aromatic heterocycles. The number of nitrogens with zero attached hydrogens (tertiary/aromatic N) is 4. The van der Waals surface area contributed by atoms with Crippen LogP contribution in [0.15, 0.2) is 34.8 Å². The van der Waals surface area contributed by atoms with Crippen molar-refractivity contribution in [2.45, 2.75) is 27.7 Å². The molecule has 2 aliphatic heterocycles. The number of carbonyl (C=O) groups is 1. The fourth-order valence-corrected chi connectivity index (χ4v) is 3.01. The molecule has 2 rings (SSSR count). The van der Waals surface area contributed by atoms with Crippen LogP contribution in [0.2, 0.25) is 0 Å². The summed E-state index contributed by atoms with van der Waals surface area (Å²) in [4.78, 5) is 18.0. The Balaban J connectivity index is 2.22. The molecule has 6 nitrogen and oxygen atoms in total. The Morgan fingerprint density at radius 1 is 1.20 bits per heavy atom. The molecule has 0 aromatic carbocycles. The minimum atomic E-state index is -0.542. The summed E-state index contributed by atoms with van der Waals surface area (Å²) in [5.41, 5.74) is 2.70. The van der Waals surface area contributed by atoms with Crippen LogP contribution >= 0.6 is 0 Å². The highest BCUT2D eigenvalue weighted by Gasteiger charge is 2.26. The van der Waals surface area contributed by atoms with Crippen LogP contribution in [0.1, 0.15) is 27.7 Å². The highest BCUT2D eigenvalue weighted by molar-refractivity contribution is 5.92. The lowest BCUT2D eigenvalue weighted by atomic mass is 10.1. The first-order valence-corrected chi connectivity index (χ1v) is 8.72. The van der Waals surface area contributed by atoms with Crippen molar-refractivity contribution in [1.29, 1.82) is 0 Å². The molecule has 0 bridgehead atoms. The average molecular weight is 344 g/mol. The molecular formula is C19H28N4O2. The Labute approximate surface area is 150 Å². The maximum atomic E-state index is 12.2. The molecule has 1 fully saturated rings. The van der Waals surface area contributed by atoms with Gasteiger partial charge < -0.3 is 9.64 Å². The molecule has 0 saturated carbocycles. The van der Waals surface area contributed by atoms with Gasteiger partial charge in [0.25, 0.3) is 5.70 Å². The Kier molecular flexibility index (Phi) is 6.40. The van der Waals surface area contributed by atoms with Gasteiger partial charge in [0.1, 0.15) is 0 Å². The molecule has 0 spiro atoms. The minimum Gasteiger partial charge on any atom is -0.470 e. The van der Waals surface area contributed by atoms with Gasteiger partial charge in [-0.3, -0.25) is 9.80 Å². The molecule has 2 heterocycles. The van der Waals surface area contributed by atoms with Gasteiger partial charge in [-0.1, -0.05) is 13.8 Å². The summed E-state index contributed by atoms with van der Waals surface area (Å²) < 4.78 is 5.24. The van der Waals surface area contributed by atoms with Gasteiger partial charge in [-0.25, -0.2) is 9.85 Å². The molecule has 0 aromatic rings. The first-order chi connectivity index (χ1) is 11.8. The van der Waals surface area contributed by atoms with Crippen molar-refractivity contribution in [2.75, 3.05) is 39.8 Å². The number of piperazine rings is 1. The zero-order valence-electron chi connectivity index (χ0n) is 15.9. The molecule has 136 valence electrons. The molecule has 6 heteroatoms. The fraction of sp³-hybridized carbons (Fsp3) is 0.579. The van der Waals surface area contributed by atoms with Crippen molar-refractivity contribution < 1.29 is 9.53 Å². The average Bonchev–Trinajstić information content (AvgIpc) is 2.55. The third kappa shape index (κ3) is 4.71. The number of hydrogen-bond acceptors (Lipinski definition) is 5. The molecule has 0 amide bonds. The topological polar surface area (TPSA) is 40.4 Å². The predicted molar refractivity (Wildman–Crippen MR) is 97.8 cm³/mol. The first-order valence-electron chi connectivity index (χ1n) is 8.72. The second-order valence-electron chi connectivity index (χ2n) is 7.05. The van der Waals surface area contributed by atoms with Crippen LogP contribution in [-0.4, -0.2) is 60.7 Å². The maximum Gasteiger partial charge on any atom is 0.336 e. The van der Waals surface area contributed by atoms with Crippen LogP contribution < -0.4 is 0 Å². The lowest BCUT2D eigenvalue weighted by molar-refractivity contribution is -0.139. The summed E-state index contributed by atoms with van der Waals surface area (Å²) in [6, 6.07) is 0. The second-order valence-corrected chi connectivity index (χ2v) is 7.05. The number of ether oxygens (including phenoxy) is 1. The van der Waals surface area contributed by atoms with Gasteiger partial charge in [-0.05, 0) is 44.5 Å². The molecule has 25 heavy (non-hydrogen) atoms. The maximum absolute atomic E-state index is 12.2. The van der Waals surface area contributed by atoms with Crippen molar-refractivity contribution in [3.8, 4) is 0 Å². The van der Waals surface area contributed by atoms with E-state index in [0.29, 0.717) is 12.2 Å². The van der Waals surface area contributed by atoms with Gasteiger partial charge in [0.05, 0.1) is 13.2 Å². The summed E-state index contributed by atoms with van der Waals surface area (Å²) in [6.07, 6.45) is 3.80. The summed E-state index contributed by atoms with van der Waals surface area (Å²) in [7, 11) is 2.13. The van der Waals surface area contributed by atoms with Gasteiger partial charge >= 0.3 is 5.97 Å². The van der Waals surface area contributed by atoms with Crippen molar-refractivity contribution in [2.24, 2.45) is 5.92 Å². The van der Waals surface area contributed by atoms with Crippen molar-refractivity contribution in [3.05, 3.63) is 46.2 Å². The van der Waals surface area contributed by atoms with E-state index < -0.39 is 5.97 Å². The highest BCUT2D eigenvalue weighted by atomic mass is 16.5. The predicted octanol–water partition coefficient (Wildman–Crippen LogP) is 2.64. The van der Waals surface area contributed by atoms with Gasteiger partial charge in [0.15, 0.2) is 0 Å². The van der Waals surface area contributed by atoms with Crippen molar-refractivity contribution in [1.82, 2.24) is 14.9 Å². The summed E-state index contributed by atoms with van der Waals surface area (Å²) in [5.74, 6) is -0.297. The molecule has 1 saturated heterocycles. The lowest BCUT2D eigenvalue weighted by Gasteiger charge is -2.43. The summed E-state index contributed by atoms with van der Waals surface area (Å²) in [6.45, 7) is 19.6. The summed E-state index contributed by atoms with van der Waals surface area (Å²) in [5, 5.41) is 4.49. The third-order valence-corrected chi connectivity index (χ3v) is 4.29. The molecule has 0 radical (unpaired) electrons. The van der Waals surface area contributed by atoms with E-state index in [2.05, 4.69) is 26.8 Å². The number of carbonyl (C=O) groups excluding carboxylic acids is 1. The Morgan fingerprint density at radius 3 is 2.24 bits per heavy atom. The zero-order chi connectivity index (χ0) is 18.6. The van der Waals surface area contributed by atoms with Crippen molar-refractivity contribution >= 4 is 5.97 Å². The van der Waals surface area contributed by atoms with Crippen LogP contribution in [0.25, 0.3) is 4.85 Å². The number of rotatable bonds is 4. The third-order valence-electron chi connectivity index (χ3n) is 4.29. The quantitative estimate of drug-likeness (QED) is 0.445. The Bertz CT molecular complexity index is 625. The van der Waals surface area contributed by atoms with Gasteiger partial charge in [-0.2, -0.15) is 0 Å². The zero-order valence-corrected chi connectivity index (χ0v) is 15.9. The van der Waals surface area contributed by atoms with Crippen molar-refractivity contribution in [3.63, 3.8) is 0 Å². The van der Waals surface area contributed by atoms with E-state index in [1.54, 1.807) is 0 Å². The number of likely N-dealkylation sites (N-methyl/N-ethyl adjacent to an activating group) is 1. The minimum absolute atomic E-state index is 0.0531. The SMILES string of the molecule is [C-]#[N+]C(C(=O)OCC(C)C)=C1C=C(C)N(N2CCN(C)CC2)C(C)=C1. The van der Waals surface area contributed by atoms with Crippen LogP contribution in [0.5, 0.6) is 0 Å². The first kappa shape index (κ1) is 19.2. The van der Waals surface area contributed by atoms with E-state index in [0.717, 1.165) is 37.6 Å². The molecule has 0 N–H and O–H groups in total. The molecule has 0 atom stereocenters. The summed E-state index contributed by atoms with van der Waals surface area (Å²) >= 11 is 0. The van der Waals surface area contributed by atoms with E-state index in [9.17, 15) is 4.79 Å². The molecule has 0 unspecified atom stereocenters. The number of esters is 1. The van der Waals surface area contributed by atoms with Gasteiger partial charge in [0, 0.05) is 37.6 Å². The van der Waals surface area contributed by atoms with E-state index in [4.69, 9.17) is 11.3 Å². The van der Waals surface area contributed by atoms with Gasteiger partial charge in [-0.15, -0.1) is 0 Å². The van der Waals surface area contributed by atoms with E-state index >= 15 is 0 Å². The van der Waals surface area contributed by atoms with Crippen LogP contribution in [0, 0.1) is 12.5 Å². The van der Waals surface area contributed by atoms with Gasteiger partial charge in [0.2, 0.25) is 0 Å². The standard InChI is InChI=1S/C19H28N4O2/c1-14(2)13-25-19(24)18(20-5)17-11-15(3)23(16(4)12-17)22-9-7-21(6)8-10-22/h11-12,14H,7-10,13H2,1-4,6H3. The fourth-order valence-electron chi connectivity index (χ4n) is 3.01. The largest absolute Gasteiger partial charge is 0.470 e. The Hall–Kier alpha value is -2.10. The monoisotopic (exact) mass is 344 g/mol. The van der Waals surface area contributed by atoms with E-state index in [1.807, 2.05) is 39.8 Å². The highest BCUT2D eigenvalue weighted by Crippen LogP contribution is 2.27. The molecular weight excluding hydrogens is 316 g/mol. The number of allylic oxidation sites excluding steroid dienone is 5.